The largest absolute Gasteiger partial charge is 0.356 e. The number of carbonyl (C=O) groups excluding carboxylic acids is 1. The van der Waals surface area contributed by atoms with Crippen molar-refractivity contribution in [2.45, 2.75) is 39.3 Å². The summed E-state index contributed by atoms with van der Waals surface area (Å²) < 4.78 is 2.00. The molecule has 21 heavy (non-hydrogen) atoms. The van der Waals surface area contributed by atoms with E-state index in [1.165, 1.54) is 5.69 Å². The zero-order valence-corrected chi connectivity index (χ0v) is 14.4. The predicted octanol–water partition coefficient (Wildman–Crippen LogP) is 1.52. The number of aryl methyl sites for hydroxylation is 3. The topological polar surface area (TPSA) is 59.0 Å². The summed E-state index contributed by atoms with van der Waals surface area (Å²) in [5.41, 5.74) is 2.23. The number of nitrogens with one attached hydrogen (secondary N) is 2. The monoisotopic (exact) mass is 332 g/mol. The van der Waals surface area contributed by atoms with Gasteiger partial charge in [0.1, 0.15) is 0 Å². The Morgan fingerprint density at radius 3 is 3.00 bits per heavy atom. The summed E-state index contributed by atoms with van der Waals surface area (Å²) >= 11 is 1.92. The van der Waals surface area contributed by atoms with Crippen molar-refractivity contribution in [2.24, 2.45) is 0 Å². The normalized spacial score (nSPS) is 18.1. The molecule has 1 unspecified atom stereocenters. The van der Waals surface area contributed by atoms with Gasteiger partial charge in [-0.2, -0.15) is 16.9 Å². The highest BCUT2D eigenvalue weighted by Gasteiger charge is 2.16. The fourth-order valence-electron chi connectivity index (χ4n) is 2.40. The molecule has 5 nitrogen and oxygen atoms in total. The van der Waals surface area contributed by atoms with E-state index in [1.807, 2.05) is 23.4 Å². The van der Waals surface area contributed by atoms with Crippen molar-refractivity contribution in [3.05, 3.63) is 17.5 Å². The molecule has 0 aromatic carbocycles. The molecule has 1 aliphatic rings. The van der Waals surface area contributed by atoms with E-state index in [2.05, 4.69) is 28.7 Å². The number of halogens is 1. The van der Waals surface area contributed by atoms with Gasteiger partial charge in [-0.25, -0.2) is 0 Å². The molecular formula is C14H25ClN4OS. The maximum Gasteiger partial charge on any atom is 0.221 e. The zero-order valence-electron chi connectivity index (χ0n) is 12.7. The molecule has 120 valence electrons. The van der Waals surface area contributed by atoms with Crippen molar-refractivity contribution < 1.29 is 4.79 Å². The van der Waals surface area contributed by atoms with Crippen LogP contribution in [0, 0.1) is 13.8 Å². The van der Waals surface area contributed by atoms with Crippen LogP contribution in [0.5, 0.6) is 0 Å². The minimum atomic E-state index is 0. The van der Waals surface area contributed by atoms with E-state index >= 15 is 0 Å². The summed E-state index contributed by atoms with van der Waals surface area (Å²) in [6, 6.07) is 2.41. The smallest absolute Gasteiger partial charge is 0.221 e. The van der Waals surface area contributed by atoms with Gasteiger partial charge in [0.05, 0.1) is 5.69 Å². The second-order valence-corrected chi connectivity index (χ2v) is 6.43. The molecule has 0 bridgehead atoms. The Morgan fingerprint density at radius 2 is 2.38 bits per heavy atom. The van der Waals surface area contributed by atoms with Crippen molar-refractivity contribution in [3.8, 4) is 0 Å². The lowest BCUT2D eigenvalue weighted by molar-refractivity contribution is -0.121. The fourth-order valence-corrected chi connectivity index (χ4v) is 3.35. The third-order valence-electron chi connectivity index (χ3n) is 3.40. The first-order chi connectivity index (χ1) is 9.65. The number of carbonyl (C=O) groups is 1. The lowest BCUT2D eigenvalue weighted by Gasteiger charge is -2.22. The SMILES string of the molecule is Cc1cc(C)n(CCCNC(=O)CC2CSCCN2)n1.Cl. The van der Waals surface area contributed by atoms with Gasteiger partial charge in [0.2, 0.25) is 5.91 Å². The molecule has 1 aromatic heterocycles. The molecule has 0 radical (unpaired) electrons. The summed E-state index contributed by atoms with van der Waals surface area (Å²) in [6.45, 7) is 6.65. The molecule has 0 saturated carbocycles. The molecule has 1 aromatic rings. The van der Waals surface area contributed by atoms with Gasteiger partial charge in [0, 0.05) is 49.3 Å². The number of aromatic nitrogens is 2. The average molecular weight is 333 g/mol. The van der Waals surface area contributed by atoms with Crippen molar-refractivity contribution >= 4 is 30.1 Å². The van der Waals surface area contributed by atoms with Crippen LogP contribution < -0.4 is 10.6 Å². The minimum Gasteiger partial charge on any atom is -0.356 e. The molecule has 1 saturated heterocycles. The van der Waals surface area contributed by atoms with Gasteiger partial charge in [-0.05, 0) is 26.3 Å². The number of thioether (sulfide) groups is 1. The van der Waals surface area contributed by atoms with Crippen LogP contribution in [0.4, 0.5) is 0 Å². The Morgan fingerprint density at radius 1 is 1.57 bits per heavy atom. The third-order valence-corrected chi connectivity index (χ3v) is 4.53. The third kappa shape index (κ3) is 6.28. The molecule has 1 amide bonds. The Balaban J connectivity index is 0.00000220. The molecule has 7 heteroatoms. The summed E-state index contributed by atoms with van der Waals surface area (Å²) in [4.78, 5) is 11.8. The van der Waals surface area contributed by atoms with Gasteiger partial charge in [-0.1, -0.05) is 0 Å². The summed E-state index contributed by atoms with van der Waals surface area (Å²) in [7, 11) is 0. The Bertz CT molecular complexity index is 446. The maximum atomic E-state index is 11.8. The van der Waals surface area contributed by atoms with Crippen molar-refractivity contribution in [3.63, 3.8) is 0 Å². The van der Waals surface area contributed by atoms with E-state index in [1.54, 1.807) is 0 Å². The maximum absolute atomic E-state index is 11.8. The van der Waals surface area contributed by atoms with E-state index in [0.717, 1.165) is 43.3 Å². The van der Waals surface area contributed by atoms with Gasteiger partial charge >= 0.3 is 0 Å². The number of rotatable bonds is 6. The second-order valence-electron chi connectivity index (χ2n) is 5.28. The van der Waals surface area contributed by atoms with Crippen LogP contribution >= 0.6 is 24.2 Å². The van der Waals surface area contributed by atoms with E-state index in [0.29, 0.717) is 12.5 Å². The van der Waals surface area contributed by atoms with E-state index < -0.39 is 0 Å². The van der Waals surface area contributed by atoms with Crippen LogP contribution in [0.3, 0.4) is 0 Å². The standard InChI is InChI=1S/C14H24N4OS.ClH/c1-11-8-12(2)18(17-11)6-3-4-16-14(19)9-13-10-20-7-5-15-13;/h8,13,15H,3-7,9-10H2,1-2H3,(H,16,19);1H. The highest BCUT2D eigenvalue weighted by Crippen LogP contribution is 2.09. The van der Waals surface area contributed by atoms with Crippen LogP contribution in [0.1, 0.15) is 24.2 Å². The molecule has 1 fully saturated rings. The van der Waals surface area contributed by atoms with Crippen LogP contribution in [-0.4, -0.2) is 46.3 Å². The van der Waals surface area contributed by atoms with Crippen molar-refractivity contribution in [1.29, 1.82) is 0 Å². The van der Waals surface area contributed by atoms with Gasteiger partial charge in [-0.3, -0.25) is 9.48 Å². The summed E-state index contributed by atoms with van der Waals surface area (Å²) in [5, 5.41) is 10.8. The lowest BCUT2D eigenvalue weighted by Crippen LogP contribution is -2.41. The molecule has 1 aliphatic heterocycles. The Hall–Kier alpha value is -0.720. The number of nitrogens with zero attached hydrogens (tertiary/aromatic N) is 2. The van der Waals surface area contributed by atoms with Gasteiger partial charge in [0.25, 0.3) is 0 Å². The molecule has 0 spiro atoms. The number of hydrogen-bond acceptors (Lipinski definition) is 4. The van der Waals surface area contributed by atoms with Crippen molar-refractivity contribution in [2.75, 3.05) is 24.6 Å². The van der Waals surface area contributed by atoms with E-state index in [-0.39, 0.29) is 18.3 Å². The van der Waals surface area contributed by atoms with Crippen molar-refractivity contribution in [1.82, 2.24) is 20.4 Å². The lowest BCUT2D eigenvalue weighted by atomic mass is 10.2. The first kappa shape index (κ1) is 18.3. The molecule has 0 aliphatic carbocycles. The van der Waals surface area contributed by atoms with Gasteiger partial charge < -0.3 is 10.6 Å². The Labute approximate surface area is 137 Å². The molecule has 1 atom stereocenters. The number of hydrogen-bond donors (Lipinski definition) is 2. The highest BCUT2D eigenvalue weighted by molar-refractivity contribution is 7.99. The molecule has 2 heterocycles. The zero-order chi connectivity index (χ0) is 14.4. The van der Waals surface area contributed by atoms with Crippen LogP contribution in [0.2, 0.25) is 0 Å². The summed E-state index contributed by atoms with van der Waals surface area (Å²) in [6.07, 6.45) is 1.51. The average Bonchev–Trinajstić information content (AvgIpc) is 2.74. The molecular weight excluding hydrogens is 308 g/mol. The van der Waals surface area contributed by atoms with Crippen LogP contribution in [-0.2, 0) is 11.3 Å². The highest BCUT2D eigenvalue weighted by atomic mass is 35.5. The van der Waals surface area contributed by atoms with Crippen LogP contribution in [0.25, 0.3) is 0 Å². The van der Waals surface area contributed by atoms with Gasteiger partial charge in [0.15, 0.2) is 0 Å². The van der Waals surface area contributed by atoms with E-state index in [4.69, 9.17) is 0 Å². The minimum absolute atomic E-state index is 0. The van der Waals surface area contributed by atoms with Gasteiger partial charge in [-0.15, -0.1) is 12.4 Å². The predicted molar refractivity (Wildman–Crippen MR) is 90.3 cm³/mol. The molecule has 2 N–H and O–H groups in total. The fraction of sp³-hybridized carbons (Fsp3) is 0.714. The Kier molecular flexibility index (Phi) is 8.14. The summed E-state index contributed by atoms with van der Waals surface area (Å²) in [5.74, 6) is 2.35. The van der Waals surface area contributed by atoms with Crippen LogP contribution in [0.15, 0.2) is 6.07 Å². The quantitative estimate of drug-likeness (QED) is 0.776. The van der Waals surface area contributed by atoms with E-state index in [9.17, 15) is 4.79 Å². The second kappa shape index (κ2) is 9.33. The first-order valence-electron chi connectivity index (χ1n) is 7.24. The number of amides is 1. The first-order valence-corrected chi connectivity index (χ1v) is 8.39. The molecule has 2 rings (SSSR count).